The molecule has 192 valence electrons. The number of benzene rings is 2. The third-order valence-corrected chi connectivity index (χ3v) is 4.44. The predicted molar refractivity (Wildman–Crippen MR) is 116 cm³/mol. The van der Waals surface area contributed by atoms with Crippen molar-refractivity contribution < 1.29 is 40.6 Å². The molecule has 0 saturated heterocycles. The number of nitrogens with zero attached hydrogens (tertiary/aromatic N) is 4. The maximum atomic E-state index is 12.4. The first-order chi connectivity index (χ1) is 17.4. The number of carbonyl (C=O) groups is 2. The van der Waals surface area contributed by atoms with Crippen molar-refractivity contribution in [3.63, 3.8) is 0 Å². The van der Waals surface area contributed by atoms with Crippen molar-refractivity contribution in [3.05, 3.63) is 48.5 Å². The molecule has 0 atom stereocenters. The van der Waals surface area contributed by atoms with Crippen molar-refractivity contribution in [3.8, 4) is 0 Å². The number of nitrogens with one attached hydrogen (secondary N) is 4. The fourth-order valence-corrected chi connectivity index (χ4v) is 2.76. The molecule has 0 aliphatic carbocycles. The largest absolute Gasteiger partial charge is 0.471 e. The van der Waals surface area contributed by atoms with E-state index in [4.69, 9.17) is 0 Å². The summed E-state index contributed by atoms with van der Waals surface area (Å²) in [7, 11) is 0. The van der Waals surface area contributed by atoms with Gasteiger partial charge in [0.25, 0.3) is 0 Å². The first-order valence-electron chi connectivity index (χ1n) is 9.89. The first kappa shape index (κ1) is 25.1. The standard InChI is InChI=1S/C20H12F6N8O3/c21-19(22,23)17(35)29-11-5-1-9(2-6-11)27-13-14(32-16-15(31-13)33-37-34-16)28-10-3-7-12(8-4-10)30-18(36)20(24,25)26/h1-8H,(H,29,35)(H,30,36)(H,27,31,33)(H,28,32,34). The van der Waals surface area contributed by atoms with Crippen LogP contribution in [0, 0.1) is 0 Å². The van der Waals surface area contributed by atoms with Crippen LogP contribution in [0.15, 0.2) is 53.2 Å². The van der Waals surface area contributed by atoms with Crippen molar-refractivity contribution in [1.29, 1.82) is 0 Å². The van der Waals surface area contributed by atoms with Crippen LogP contribution in [0.25, 0.3) is 11.3 Å². The number of halogens is 6. The molecule has 0 radical (unpaired) electrons. The lowest BCUT2D eigenvalue weighted by molar-refractivity contribution is -0.167. The lowest BCUT2D eigenvalue weighted by Crippen LogP contribution is -2.29. The number of amides is 2. The third kappa shape index (κ3) is 6.19. The van der Waals surface area contributed by atoms with E-state index >= 15 is 0 Å². The van der Waals surface area contributed by atoms with Crippen LogP contribution in [0.2, 0.25) is 0 Å². The summed E-state index contributed by atoms with van der Waals surface area (Å²) >= 11 is 0. The van der Waals surface area contributed by atoms with E-state index in [1.807, 2.05) is 0 Å². The molecule has 4 rings (SSSR count). The molecule has 0 saturated carbocycles. The number of aromatic nitrogens is 4. The van der Waals surface area contributed by atoms with Crippen LogP contribution in [0.5, 0.6) is 0 Å². The van der Waals surface area contributed by atoms with Crippen LogP contribution < -0.4 is 21.3 Å². The second-order valence-electron chi connectivity index (χ2n) is 7.14. The molecule has 11 nitrogen and oxygen atoms in total. The highest BCUT2D eigenvalue weighted by Crippen LogP contribution is 2.28. The molecular formula is C20H12F6N8O3. The van der Waals surface area contributed by atoms with E-state index in [9.17, 15) is 35.9 Å². The topological polar surface area (TPSA) is 147 Å². The minimum absolute atomic E-state index is 0.0207. The molecule has 17 heteroatoms. The van der Waals surface area contributed by atoms with Gasteiger partial charge in [0.05, 0.1) is 0 Å². The second kappa shape index (κ2) is 9.59. The molecule has 37 heavy (non-hydrogen) atoms. The van der Waals surface area contributed by atoms with E-state index in [0.29, 0.717) is 11.4 Å². The normalized spacial score (nSPS) is 11.7. The van der Waals surface area contributed by atoms with Crippen LogP contribution in [0.3, 0.4) is 0 Å². The van der Waals surface area contributed by atoms with Crippen molar-refractivity contribution in [1.82, 2.24) is 20.3 Å². The summed E-state index contributed by atoms with van der Waals surface area (Å²) in [6.45, 7) is 0. The van der Waals surface area contributed by atoms with Crippen molar-refractivity contribution in [2.75, 3.05) is 21.3 Å². The Bertz CT molecular complexity index is 1330. The van der Waals surface area contributed by atoms with E-state index in [-0.39, 0.29) is 34.3 Å². The van der Waals surface area contributed by atoms with Gasteiger partial charge in [-0.2, -0.15) is 26.3 Å². The average Bonchev–Trinajstić information content (AvgIpc) is 3.27. The quantitative estimate of drug-likeness (QED) is 0.267. The Balaban J connectivity index is 1.53. The van der Waals surface area contributed by atoms with Crippen molar-refractivity contribution in [2.45, 2.75) is 12.4 Å². The van der Waals surface area contributed by atoms with Crippen LogP contribution in [-0.4, -0.2) is 44.4 Å². The zero-order valence-corrected chi connectivity index (χ0v) is 17.9. The van der Waals surface area contributed by atoms with E-state index in [1.165, 1.54) is 48.5 Å². The third-order valence-electron chi connectivity index (χ3n) is 4.44. The number of hydrogen-bond acceptors (Lipinski definition) is 9. The minimum Gasteiger partial charge on any atom is -0.337 e. The molecule has 0 fully saturated rings. The Hall–Kier alpha value is -4.96. The number of alkyl halides is 6. The maximum Gasteiger partial charge on any atom is 0.471 e. The zero-order chi connectivity index (χ0) is 26.8. The smallest absolute Gasteiger partial charge is 0.337 e. The molecular weight excluding hydrogens is 514 g/mol. The van der Waals surface area contributed by atoms with Gasteiger partial charge in [0.15, 0.2) is 11.6 Å². The molecule has 2 aromatic carbocycles. The molecule has 0 spiro atoms. The van der Waals surface area contributed by atoms with Gasteiger partial charge in [-0.25, -0.2) is 14.6 Å². The van der Waals surface area contributed by atoms with Crippen LogP contribution in [0.1, 0.15) is 0 Å². The molecule has 2 amide bonds. The lowest BCUT2D eigenvalue weighted by Gasteiger charge is -2.13. The van der Waals surface area contributed by atoms with E-state index in [0.717, 1.165) is 0 Å². The average molecular weight is 526 g/mol. The van der Waals surface area contributed by atoms with Gasteiger partial charge in [-0.15, -0.1) is 0 Å². The van der Waals surface area contributed by atoms with Crippen LogP contribution in [0.4, 0.5) is 60.7 Å². The Kier molecular flexibility index (Phi) is 6.52. The second-order valence-corrected chi connectivity index (χ2v) is 7.14. The first-order valence-corrected chi connectivity index (χ1v) is 9.89. The van der Waals surface area contributed by atoms with Crippen LogP contribution in [-0.2, 0) is 9.59 Å². The Morgan fingerprint density at radius 3 is 1.24 bits per heavy atom. The summed E-state index contributed by atoms with van der Waals surface area (Å²) in [6.07, 6.45) is -10.1. The highest BCUT2D eigenvalue weighted by atomic mass is 19.4. The molecule has 2 aromatic heterocycles. The highest BCUT2D eigenvalue weighted by molar-refractivity contribution is 5.95. The summed E-state index contributed by atoms with van der Waals surface area (Å²) in [4.78, 5) is 30.6. The van der Waals surface area contributed by atoms with Gasteiger partial charge in [0.1, 0.15) is 0 Å². The summed E-state index contributed by atoms with van der Waals surface area (Å²) in [5, 5.41) is 16.3. The Morgan fingerprint density at radius 1 is 0.595 bits per heavy atom. The lowest BCUT2D eigenvalue weighted by atomic mass is 10.2. The number of anilines is 6. The zero-order valence-electron chi connectivity index (χ0n) is 17.9. The minimum atomic E-state index is -5.05. The van der Waals surface area contributed by atoms with Gasteiger partial charge in [0, 0.05) is 22.7 Å². The fraction of sp³-hybridized carbons (Fsp3) is 0.100. The molecule has 0 aliphatic rings. The molecule has 0 unspecified atom stereocenters. The SMILES string of the molecule is O=C(Nc1ccc(Nc2nc3nonc3nc2Nc2ccc(NC(=O)C(F)(F)F)cc2)cc1)C(F)(F)F. The monoisotopic (exact) mass is 526 g/mol. The van der Waals surface area contributed by atoms with Gasteiger partial charge < -0.3 is 21.3 Å². The Labute approximate surface area is 201 Å². The number of rotatable bonds is 6. The van der Waals surface area contributed by atoms with E-state index in [1.54, 1.807) is 10.6 Å². The summed E-state index contributed by atoms with van der Waals surface area (Å²) in [5.74, 6) is -4.11. The van der Waals surface area contributed by atoms with Gasteiger partial charge >= 0.3 is 24.2 Å². The fourth-order valence-electron chi connectivity index (χ4n) is 2.76. The number of hydrogen-bond donors (Lipinski definition) is 4. The van der Waals surface area contributed by atoms with Crippen LogP contribution >= 0.6 is 0 Å². The summed E-state index contributed by atoms with van der Waals surface area (Å²) in [5.41, 5.74) is 0.503. The van der Waals surface area contributed by atoms with Gasteiger partial charge in [-0.1, -0.05) is 0 Å². The van der Waals surface area contributed by atoms with Crippen molar-refractivity contribution >= 4 is 57.5 Å². The van der Waals surface area contributed by atoms with Gasteiger partial charge in [-0.3, -0.25) is 9.59 Å². The van der Waals surface area contributed by atoms with Crippen molar-refractivity contribution in [2.24, 2.45) is 0 Å². The summed E-state index contributed by atoms with van der Waals surface area (Å²) in [6, 6.07) is 10.3. The Morgan fingerprint density at radius 2 is 0.919 bits per heavy atom. The van der Waals surface area contributed by atoms with Gasteiger partial charge in [-0.05, 0) is 58.8 Å². The van der Waals surface area contributed by atoms with E-state index < -0.39 is 24.2 Å². The highest BCUT2D eigenvalue weighted by Gasteiger charge is 2.39. The molecule has 4 N–H and O–H groups in total. The number of carbonyl (C=O) groups excluding carboxylic acids is 2. The number of fused-ring (bicyclic) bond motifs is 1. The van der Waals surface area contributed by atoms with E-state index in [2.05, 4.69) is 35.5 Å². The molecule has 4 aromatic rings. The maximum absolute atomic E-state index is 12.4. The molecule has 2 heterocycles. The molecule has 0 bridgehead atoms. The predicted octanol–water partition coefficient (Wildman–Crippen LogP) is 4.50. The van der Waals surface area contributed by atoms with Gasteiger partial charge in [0.2, 0.25) is 11.3 Å². The molecule has 0 aliphatic heterocycles. The summed E-state index contributed by atoms with van der Waals surface area (Å²) < 4.78 is 79.1.